The van der Waals surface area contributed by atoms with Gasteiger partial charge in [-0.25, -0.2) is 8.42 Å². The third kappa shape index (κ3) is 6.34. The zero-order chi connectivity index (χ0) is 23.8. The molecule has 0 bridgehead atoms. The molecule has 174 valence electrons. The molecule has 0 heterocycles. The average molecular weight is 469 g/mol. The van der Waals surface area contributed by atoms with Crippen molar-refractivity contribution in [2.24, 2.45) is 0 Å². The van der Waals surface area contributed by atoms with Crippen molar-refractivity contribution in [3.8, 4) is 17.2 Å². The fourth-order valence-corrected chi connectivity index (χ4v) is 4.77. The van der Waals surface area contributed by atoms with Crippen molar-refractivity contribution >= 4 is 21.6 Å². The second-order valence-corrected chi connectivity index (χ2v) is 9.23. The normalized spacial score (nSPS) is 11.3. The maximum absolute atomic E-state index is 12.7. The lowest BCUT2D eigenvalue weighted by atomic mass is 10.2. The minimum Gasteiger partial charge on any atom is -0.483 e. The number of hydrogen-bond acceptors (Lipinski definition) is 5. The van der Waals surface area contributed by atoms with Crippen LogP contribution in [0, 0.1) is 6.92 Å². The first-order valence-electron chi connectivity index (χ1n) is 10.7. The van der Waals surface area contributed by atoms with Gasteiger partial charge in [0.1, 0.15) is 17.2 Å². The quantitative estimate of drug-likeness (QED) is 0.460. The number of anilines is 1. The highest BCUT2D eigenvalue weighted by molar-refractivity contribution is 7.89. The Morgan fingerprint density at radius 3 is 2.15 bits per heavy atom. The van der Waals surface area contributed by atoms with E-state index in [4.69, 9.17) is 9.47 Å². The summed E-state index contributed by atoms with van der Waals surface area (Å²) in [7, 11) is -3.55. The number of sulfonamides is 1. The van der Waals surface area contributed by atoms with E-state index < -0.39 is 10.0 Å². The van der Waals surface area contributed by atoms with E-state index in [1.807, 2.05) is 30.3 Å². The van der Waals surface area contributed by atoms with Gasteiger partial charge in [0, 0.05) is 18.8 Å². The summed E-state index contributed by atoms with van der Waals surface area (Å²) in [6, 6.07) is 21.1. The third-order valence-corrected chi connectivity index (χ3v) is 7.01. The summed E-state index contributed by atoms with van der Waals surface area (Å²) in [6.45, 7) is 5.94. The van der Waals surface area contributed by atoms with Crippen molar-refractivity contribution in [1.29, 1.82) is 0 Å². The van der Waals surface area contributed by atoms with Crippen molar-refractivity contribution in [1.82, 2.24) is 4.31 Å². The lowest BCUT2D eigenvalue weighted by Crippen LogP contribution is -2.30. The van der Waals surface area contributed by atoms with Gasteiger partial charge in [0.25, 0.3) is 5.91 Å². The Labute approximate surface area is 195 Å². The standard InChI is InChI=1S/C25H28N2O5S/c1-4-27(5-2)33(29,30)23-15-16-24(19(3)17-23)31-18-25(28)26-20-11-13-22(14-12-20)32-21-9-7-6-8-10-21/h6-17H,4-5,18H2,1-3H3,(H,26,28). The summed E-state index contributed by atoms with van der Waals surface area (Å²) in [5, 5.41) is 2.77. The molecule has 0 aliphatic carbocycles. The number of nitrogens with one attached hydrogen (secondary N) is 1. The Balaban J connectivity index is 1.56. The van der Waals surface area contributed by atoms with Crippen LogP contribution in [-0.4, -0.2) is 38.3 Å². The molecule has 3 rings (SSSR count). The first-order chi connectivity index (χ1) is 15.8. The molecule has 3 aromatic rings. The van der Waals surface area contributed by atoms with Crippen LogP contribution in [0.15, 0.2) is 77.7 Å². The van der Waals surface area contributed by atoms with Gasteiger partial charge in [-0.1, -0.05) is 32.0 Å². The fraction of sp³-hybridized carbons (Fsp3) is 0.240. The van der Waals surface area contributed by atoms with E-state index in [9.17, 15) is 13.2 Å². The molecule has 0 aliphatic heterocycles. The minimum absolute atomic E-state index is 0.203. The third-order valence-electron chi connectivity index (χ3n) is 4.97. The number of para-hydroxylation sites is 1. The summed E-state index contributed by atoms with van der Waals surface area (Å²) in [6.07, 6.45) is 0. The number of carbonyl (C=O) groups is 1. The largest absolute Gasteiger partial charge is 0.483 e. The molecule has 0 fully saturated rings. The number of benzene rings is 3. The lowest BCUT2D eigenvalue weighted by Gasteiger charge is -2.19. The van der Waals surface area contributed by atoms with Crippen LogP contribution in [0.2, 0.25) is 0 Å². The molecule has 0 atom stereocenters. The molecule has 0 unspecified atom stereocenters. The van der Waals surface area contributed by atoms with Gasteiger partial charge in [-0.2, -0.15) is 4.31 Å². The van der Waals surface area contributed by atoms with E-state index in [1.54, 1.807) is 57.2 Å². The molecule has 8 heteroatoms. The van der Waals surface area contributed by atoms with Gasteiger partial charge in [0.2, 0.25) is 10.0 Å². The molecule has 1 N–H and O–H groups in total. The molecule has 0 radical (unpaired) electrons. The second kappa shape index (κ2) is 11.0. The van der Waals surface area contributed by atoms with Crippen molar-refractivity contribution in [2.45, 2.75) is 25.7 Å². The molecule has 1 amide bonds. The highest BCUT2D eigenvalue weighted by Crippen LogP contribution is 2.25. The van der Waals surface area contributed by atoms with Crippen LogP contribution >= 0.6 is 0 Å². The topological polar surface area (TPSA) is 84.9 Å². The number of amides is 1. The Morgan fingerprint density at radius 1 is 0.909 bits per heavy atom. The molecular weight excluding hydrogens is 440 g/mol. The molecule has 0 saturated carbocycles. The second-order valence-electron chi connectivity index (χ2n) is 7.29. The number of aryl methyl sites for hydroxylation is 1. The summed E-state index contributed by atoms with van der Waals surface area (Å²) >= 11 is 0. The number of rotatable bonds is 10. The number of carbonyl (C=O) groups excluding carboxylic acids is 1. The molecule has 0 aliphatic rings. The molecule has 7 nitrogen and oxygen atoms in total. The van der Waals surface area contributed by atoms with Crippen molar-refractivity contribution in [3.05, 3.63) is 78.4 Å². The Kier molecular flexibility index (Phi) is 8.08. The highest BCUT2D eigenvalue weighted by atomic mass is 32.2. The lowest BCUT2D eigenvalue weighted by molar-refractivity contribution is -0.118. The Bertz CT molecular complexity index is 1180. The van der Waals surface area contributed by atoms with E-state index in [-0.39, 0.29) is 17.4 Å². The first-order valence-corrected chi connectivity index (χ1v) is 12.1. The van der Waals surface area contributed by atoms with Crippen LogP contribution in [0.5, 0.6) is 17.2 Å². The van der Waals surface area contributed by atoms with E-state index in [0.717, 1.165) is 5.75 Å². The summed E-state index contributed by atoms with van der Waals surface area (Å²) in [4.78, 5) is 12.5. The summed E-state index contributed by atoms with van der Waals surface area (Å²) < 4.78 is 38.1. The molecular formula is C25H28N2O5S. The van der Waals surface area contributed by atoms with Gasteiger partial charge in [0.15, 0.2) is 6.61 Å². The van der Waals surface area contributed by atoms with E-state index in [0.29, 0.717) is 35.8 Å². The monoisotopic (exact) mass is 468 g/mol. The summed E-state index contributed by atoms with van der Waals surface area (Å²) in [5.74, 6) is 1.51. The maximum Gasteiger partial charge on any atom is 0.262 e. The van der Waals surface area contributed by atoms with Gasteiger partial charge >= 0.3 is 0 Å². The van der Waals surface area contributed by atoms with Crippen LogP contribution in [0.3, 0.4) is 0 Å². The van der Waals surface area contributed by atoms with E-state index >= 15 is 0 Å². The van der Waals surface area contributed by atoms with Crippen LogP contribution in [-0.2, 0) is 14.8 Å². The SMILES string of the molecule is CCN(CC)S(=O)(=O)c1ccc(OCC(=O)Nc2ccc(Oc3ccccc3)cc2)c(C)c1. The van der Waals surface area contributed by atoms with Crippen LogP contribution < -0.4 is 14.8 Å². The minimum atomic E-state index is -3.55. The molecule has 0 saturated heterocycles. The van der Waals surface area contributed by atoms with E-state index in [1.165, 1.54) is 10.4 Å². The molecule has 3 aromatic carbocycles. The van der Waals surface area contributed by atoms with Gasteiger partial charge in [-0.15, -0.1) is 0 Å². The fourth-order valence-electron chi connectivity index (χ4n) is 3.23. The smallest absolute Gasteiger partial charge is 0.262 e. The van der Waals surface area contributed by atoms with E-state index in [2.05, 4.69) is 5.32 Å². The average Bonchev–Trinajstić information content (AvgIpc) is 2.81. The molecule has 33 heavy (non-hydrogen) atoms. The maximum atomic E-state index is 12.7. The first kappa shape index (κ1) is 24.3. The predicted octanol–water partition coefficient (Wildman–Crippen LogP) is 4.84. The number of nitrogens with zero attached hydrogens (tertiary/aromatic N) is 1. The molecule has 0 aromatic heterocycles. The zero-order valence-corrected chi connectivity index (χ0v) is 19.8. The zero-order valence-electron chi connectivity index (χ0n) is 18.9. The molecule has 0 spiro atoms. The Hall–Kier alpha value is -3.36. The van der Waals surface area contributed by atoms with Crippen molar-refractivity contribution in [2.75, 3.05) is 25.0 Å². The van der Waals surface area contributed by atoms with Crippen molar-refractivity contribution in [3.63, 3.8) is 0 Å². The van der Waals surface area contributed by atoms with Gasteiger partial charge in [-0.05, 0) is 67.1 Å². The number of hydrogen-bond donors (Lipinski definition) is 1. The van der Waals surface area contributed by atoms with Crippen molar-refractivity contribution < 1.29 is 22.7 Å². The van der Waals surface area contributed by atoms with Crippen LogP contribution in [0.1, 0.15) is 19.4 Å². The van der Waals surface area contributed by atoms with Crippen LogP contribution in [0.4, 0.5) is 5.69 Å². The van der Waals surface area contributed by atoms with Gasteiger partial charge in [-0.3, -0.25) is 4.79 Å². The number of ether oxygens (including phenoxy) is 2. The Morgan fingerprint density at radius 2 is 1.55 bits per heavy atom. The summed E-state index contributed by atoms with van der Waals surface area (Å²) in [5.41, 5.74) is 1.25. The van der Waals surface area contributed by atoms with Gasteiger partial charge < -0.3 is 14.8 Å². The highest BCUT2D eigenvalue weighted by Gasteiger charge is 2.22. The van der Waals surface area contributed by atoms with Crippen LogP contribution in [0.25, 0.3) is 0 Å². The van der Waals surface area contributed by atoms with Gasteiger partial charge in [0.05, 0.1) is 4.90 Å². The predicted molar refractivity (Wildman–Crippen MR) is 128 cm³/mol.